The van der Waals surface area contributed by atoms with Gasteiger partial charge in [-0.05, 0) is 24.4 Å². The van der Waals surface area contributed by atoms with E-state index in [9.17, 15) is 4.79 Å². The second-order valence-corrected chi connectivity index (χ2v) is 3.24. The fourth-order valence-corrected chi connectivity index (χ4v) is 1.28. The molecule has 1 aliphatic carbocycles. The van der Waals surface area contributed by atoms with Crippen molar-refractivity contribution in [2.75, 3.05) is 0 Å². The van der Waals surface area contributed by atoms with Crippen molar-refractivity contribution < 1.29 is 14.4 Å². The number of carboxylic acids is 1. The molecule has 1 aliphatic rings. The molecular formula is C7H9N3O3. The molecular weight excluding hydrogens is 174 g/mol. The SMILES string of the molecule is NC1(c2nc(C(=O)O)no2)CCC1. The average molecular weight is 183 g/mol. The second-order valence-electron chi connectivity index (χ2n) is 3.24. The minimum atomic E-state index is -1.20. The van der Waals surface area contributed by atoms with E-state index in [1.807, 2.05) is 0 Å². The molecule has 1 aromatic rings. The average Bonchev–Trinajstić information content (AvgIpc) is 2.48. The van der Waals surface area contributed by atoms with E-state index in [2.05, 4.69) is 10.1 Å². The fourth-order valence-electron chi connectivity index (χ4n) is 1.28. The van der Waals surface area contributed by atoms with Gasteiger partial charge in [0, 0.05) is 0 Å². The Morgan fingerprint density at radius 2 is 2.31 bits per heavy atom. The van der Waals surface area contributed by atoms with Gasteiger partial charge in [0.15, 0.2) is 0 Å². The van der Waals surface area contributed by atoms with Gasteiger partial charge < -0.3 is 15.4 Å². The molecule has 6 nitrogen and oxygen atoms in total. The fraction of sp³-hybridized carbons (Fsp3) is 0.571. The molecule has 1 heterocycles. The molecule has 0 spiro atoms. The zero-order chi connectivity index (χ0) is 9.47. The summed E-state index contributed by atoms with van der Waals surface area (Å²) >= 11 is 0. The zero-order valence-corrected chi connectivity index (χ0v) is 6.86. The summed E-state index contributed by atoms with van der Waals surface area (Å²) in [5.41, 5.74) is 5.27. The van der Waals surface area contributed by atoms with Crippen molar-refractivity contribution in [1.82, 2.24) is 10.1 Å². The van der Waals surface area contributed by atoms with Crippen molar-refractivity contribution in [2.45, 2.75) is 24.8 Å². The molecule has 3 N–H and O–H groups in total. The van der Waals surface area contributed by atoms with Crippen LogP contribution in [0.4, 0.5) is 0 Å². The molecule has 6 heteroatoms. The predicted octanol–water partition coefficient (Wildman–Crippen LogP) is 0.106. The molecule has 1 aromatic heterocycles. The maximum Gasteiger partial charge on any atom is 0.377 e. The predicted molar refractivity (Wildman–Crippen MR) is 41.0 cm³/mol. The van der Waals surface area contributed by atoms with Gasteiger partial charge >= 0.3 is 5.97 Å². The van der Waals surface area contributed by atoms with Crippen LogP contribution in [0.1, 0.15) is 35.8 Å². The standard InChI is InChI=1S/C7H9N3O3/c8-7(2-1-3-7)6-9-4(5(11)12)10-13-6/h1-3,8H2,(H,11,12). The van der Waals surface area contributed by atoms with E-state index in [4.69, 9.17) is 15.4 Å². The summed E-state index contributed by atoms with van der Waals surface area (Å²) < 4.78 is 4.77. The van der Waals surface area contributed by atoms with Crippen LogP contribution in [0, 0.1) is 0 Å². The van der Waals surface area contributed by atoms with E-state index < -0.39 is 11.5 Å². The number of nitrogens with zero attached hydrogens (tertiary/aromatic N) is 2. The summed E-state index contributed by atoms with van der Waals surface area (Å²) in [6.45, 7) is 0. The first-order valence-electron chi connectivity index (χ1n) is 3.98. The van der Waals surface area contributed by atoms with E-state index in [-0.39, 0.29) is 11.7 Å². The zero-order valence-electron chi connectivity index (χ0n) is 6.86. The molecule has 70 valence electrons. The van der Waals surface area contributed by atoms with Crippen molar-refractivity contribution >= 4 is 5.97 Å². The first-order valence-corrected chi connectivity index (χ1v) is 3.98. The highest BCUT2D eigenvalue weighted by Crippen LogP contribution is 2.37. The number of rotatable bonds is 2. The van der Waals surface area contributed by atoms with Gasteiger partial charge in [-0.15, -0.1) is 0 Å². The topological polar surface area (TPSA) is 102 Å². The van der Waals surface area contributed by atoms with Gasteiger partial charge in [-0.3, -0.25) is 0 Å². The molecule has 0 radical (unpaired) electrons. The molecule has 0 amide bonds. The highest BCUT2D eigenvalue weighted by Gasteiger charge is 2.40. The Balaban J connectivity index is 2.27. The van der Waals surface area contributed by atoms with Gasteiger partial charge in [0.25, 0.3) is 5.82 Å². The Morgan fingerprint density at radius 3 is 2.69 bits per heavy atom. The molecule has 0 atom stereocenters. The van der Waals surface area contributed by atoms with E-state index >= 15 is 0 Å². The Labute approximate surface area is 73.7 Å². The highest BCUT2D eigenvalue weighted by atomic mass is 16.5. The molecule has 1 saturated carbocycles. The molecule has 2 rings (SSSR count). The van der Waals surface area contributed by atoms with Crippen molar-refractivity contribution in [2.24, 2.45) is 5.73 Å². The summed E-state index contributed by atoms with van der Waals surface area (Å²) in [5.74, 6) is -1.29. The van der Waals surface area contributed by atoms with E-state index in [1.54, 1.807) is 0 Å². The lowest BCUT2D eigenvalue weighted by atomic mass is 9.78. The summed E-state index contributed by atoms with van der Waals surface area (Å²) in [6, 6.07) is 0. The Hall–Kier alpha value is -1.43. The molecule has 13 heavy (non-hydrogen) atoms. The lowest BCUT2D eigenvalue weighted by molar-refractivity contribution is 0.0680. The van der Waals surface area contributed by atoms with E-state index in [0.29, 0.717) is 0 Å². The minimum Gasteiger partial charge on any atom is -0.475 e. The molecule has 0 aromatic carbocycles. The first-order chi connectivity index (χ1) is 6.12. The van der Waals surface area contributed by atoms with Gasteiger partial charge in [0.2, 0.25) is 5.89 Å². The summed E-state index contributed by atoms with van der Waals surface area (Å²) in [4.78, 5) is 14.1. The third-order valence-electron chi connectivity index (χ3n) is 2.29. The van der Waals surface area contributed by atoms with Crippen LogP contribution in [0.25, 0.3) is 0 Å². The Bertz CT molecular complexity index is 343. The number of nitrogens with two attached hydrogens (primary N) is 1. The monoisotopic (exact) mass is 183 g/mol. The van der Waals surface area contributed by atoms with Crippen LogP contribution in [0.2, 0.25) is 0 Å². The molecule has 0 saturated heterocycles. The number of aromatic carboxylic acids is 1. The summed E-state index contributed by atoms with van der Waals surface area (Å²) in [5, 5.41) is 11.8. The number of carboxylic acid groups (broad SMARTS) is 1. The number of hydrogen-bond acceptors (Lipinski definition) is 5. The third-order valence-corrected chi connectivity index (χ3v) is 2.29. The minimum absolute atomic E-state index is 0.233. The van der Waals surface area contributed by atoms with Crippen LogP contribution >= 0.6 is 0 Å². The van der Waals surface area contributed by atoms with Gasteiger partial charge in [-0.2, -0.15) is 4.98 Å². The lowest BCUT2D eigenvalue weighted by Crippen LogP contribution is -2.43. The third kappa shape index (κ3) is 1.19. The van der Waals surface area contributed by atoms with Gasteiger partial charge in [-0.1, -0.05) is 0 Å². The van der Waals surface area contributed by atoms with E-state index in [1.165, 1.54) is 0 Å². The Morgan fingerprint density at radius 1 is 1.62 bits per heavy atom. The van der Waals surface area contributed by atoms with Crippen LogP contribution in [0.5, 0.6) is 0 Å². The first kappa shape index (κ1) is 8.18. The summed E-state index contributed by atoms with van der Waals surface area (Å²) in [7, 11) is 0. The van der Waals surface area contributed by atoms with Crippen LogP contribution in [-0.4, -0.2) is 21.2 Å². The largest absolute Gasteiger partial charge is 0.475 e. The van der Waals surface area contributed by atoms with Gasteiger partial charge in [0.1, 0.15) is 0 Å². The van der Waals surface area contributed by atoms with Crippen molar-refractivity contribution in [1.29, 1.82) is 0 Å². The number of carbonyl (C=O) groups is 1. The lowest BCUT2D eigenvalue weighted by Gasteiger charge is -2.33. The van der Waals surface area contributed by atoms with Gasteiger partial charge in [-0.25, -0.2) is 4.79 Å². The quantitative estimate of drug-likeness (QED) is 0.674. The van der Waals surface area contributed by atoms with Crippen molar-refractivity contribution in [3.63, 3.8) is 0 Å². The maximum atomic E-state index is 10.4. The molecule has 0 unspecified atom stereocenters. The van der Waals surface area contributed by atoms with Crippen molar-refractivity contribution in [3.8, 4) is 0 Å². The van der Waals surface area contributed by atoms with Crippen LogP contribution in [0.15, 0.2) is 4.52 Å². The van der Waals surface area contributed by atoms with Crippen LogP contribution in [-0.2, 0) is 5.54 Å². The van der Waals surface area contributed by atoms with Crippen LogP contribution < -0.4 is 5.73 Å². The van der Waals surface area contributed by atoms with Gasteiger partial charge in [0.05, 0.1) is 5.54 Å². The Kier molecular flexibility index (Phi) is 1.59. The van der Waals surface area contributed by atoms with Crippen molar-refractivity contribution in [3.05, 3.63) is 11.7 Å². The number of hydrogen-bond donors (Lipinski definition) is 2. The molecule has 1 fully saturated rings. The second kappa shape index (κ2) is 2.53. The summed E-state index contributed by atoms with van der Waals surface area (Å²) in [6.07, 6.45) is 2.56. The number of aromatic nitrogens is 2. The molecule has 0 aliphatic heterocycles. The van der Waals surface area contributed by atoms with Crippen LogP contribution in [0.3, 0.4) is 0 Å². The maximum absolute atomic E-state index is 10.4. The van der Waals surface area contributed by atoms with E-state index in [0.717, 1.165) is 19.3 Å². The smallest absolute Gasteiger partial charge is 0.377 e. The highest BCUT2D eigenvalue weighted by molar-refractivity contribution is 5.82. The molecule has 0 bridgehead atoms. The normalized spacial score (nSPS) is 19.5.